The van der Waals surface area contributed by atoms with Crippen LogP contribution in [0.25, 0.3) is 10.8 Å². The summed E-state index contributed by atoms with van der Waals surface area (Å²) in [6, 6.07) is 20.9. The van der Waals surface area contributed by atoms with Gasteiger partial charge in [0.25, 0.3) is 5.91 Å². The molecule has 3 aromatic rings. The van der Waals surface area contributed by atoms with Crippen LogP contribution in [0.15, 0.2) is 66.7 Å². The van der Waals surface area contributed by atoms with Crippen LogP contribution in [-0.2, 0) is 4.79 Å². The van der Waals surface area contributed by atoms with Crippen molar-refractivity contribution in [3.63, 3.8) is 0 Å². The molecular formula is C30H35FN4O2. The van der Waals surface area contributed by atoms with Crippen LogP contribution in [0.2, 0.25) is 0 Å². The number of piperidine rings is 1. The Labute approximate surface area is 217 Å². The molecule has 0 saturated carbocycles. The van der Waals surface area contributed by atoms with Crippen LogP contribution in [-0.4, -0.2) is 54.3 Å². The van der Waals surface area contributed by atoms with Gasteiger partial charge in [-0.3, -0.25) is 20.4 Å². The van der Waals surface area contributed by atoms with E-state index in [4.69, 9.17) is 0 Å². The van der Waals surface area contributed by atoms with Crippen molar-refractivity contribution in [2.45, 2.75) is 44.2 Å². The highest BCUT2D eigenvalue weighted by molar-refractivity contribution is 6.07. The maximum Gasteiger partial charge on any atom is 0.254 e. The normalized spacial score (nSPS) is 21.8. The van der Waals surface area contributed by atoms with E-state index in [1.54, 1.807) is 0 Å². The van der Waals surface area contributed by atoms with Crippen molar-refractivity contribution in [2.24, 2.45) is 5.92 Å². The van der Waals surface area contributed by atoms with Crippen molar-refractivity contribution in [1.82, 2.24) is 20.7 Å². The van der Waals surface area contributed by atoms with Gasteiger partial charge in [0.1, 0.15) is 5.82 Å². The third kappa shape index (κ3) is 5.84. The number of fused-ring (bicyclic) bond motifs is 1. The molecule has 0 spiro atoms. The number of halogens is 1. The summed E-state index contributed by atoms with van der Waals surface area (Å²) in [6.07, 6.45) is 4.41. The molecule has 2 aliphatic heterocycles. The standard InChI is InChI=1S/C30H35FN4O2/c1-34(17-6-10-25-19-28(33-32-25)22-13-15-24(31)16-14-22)29(36)23-9-5-18-35(20-23)30(37)27-12-4-8-21-7-2-3-11-26(21)27/h2-4,7-8,11-16,23,25,28,32-33H,5-6,9-10,17-20H2,1H3. The van der Waals surface area contributed by atoms with Crippen molar-refractivity contribution in [1.29, 1.82) is 0 Å². The van der Waals surface area contributed by atoms with Crippen LogP contribution < -0.4 is 10.9 Å². The summed E-state index contributed by atoms with van der Waals surface area (Å²) >= 11 is 0. The monoisotopic (exact) mass is 502 g/mol. The zero-order chi connectivity index (χ0) is 25.8. The highest BCUT2D eigenvalue weighted by Gasteiger charge is 2.31. The summed E-state index contributed by atoms with van der Waals surface area (Å²) in [5.41, 5.74) is 8.42. The van der Waals surface area contributed by atoms with Gasteiger partial charge < -0.3 is 9.80 Å². The van der Waals surface area contributed by atoms with Gasteiger partial charge in [0.15, 0.2) is 0 Å². The van der Waals surface area contributed by atoms with E-state index >= 15 is 0 Å². The molecule has 2 saturated heterocycles. The fraction of sp³-hybridized carbons (Fsp3) is 0.400. The van der Waals surface area contributed by atoms with Crippen molar-refractivity contribution < 1.29 is 14.0 Å². The van der Waals surface area contributed by atoms with Gasteiger partial charge in [0.05, 0.1) is 5.92 Å². The maximum absolute atomic E-state index is 13.4. The molecule has 2 fully saturated rings. The number of benzene rings is 3. The summed E-state index contributed by atoms with van der Waals surface area (Å²) in [4.78, 5) is 30.3. The van der Waals surface area contributed by atoms with Crippen LogP contribution in [0.5, 0.6) is 0 Å². The molecule has 2 amide bonds. The zero-order valence-corrected chi connectivity index (χ0v) is 21.3. The van der Waals surface area contributed by atoms with E-state index in [0.717, 1.165) is 48.4 Å². The minimum absolute atomic E-state index is 0.00692. The maximum atomic E-state index is 13.4. The second-order valence-corrected chi connectivity index (χ2v) is 10.3. The molecular weight excluding hydrogens is 467 g/mol. The second-order valence-electron chi connectivity index (χ2n) is 10.3. The van der Waals surface area contributed by atoms with Gasteiger partial charge in [-0.25, -0.2) is 4.39 Å². The van der Waals surface area contributed by atoms with Gasteiger partial charge in [0.2, 0.25) is 5.91 Å². The molecule has 0 aliphatic carbocycles. The summed E-state index contributed by atoms with van der Waals surface area (Å²) < 4.78 is 13.2. The highest BCUT2D eigenvalue weighted by Crippen LogP contribution is 2.26. The predicted molar refractivity (Wildman–Crippen MR) is 143 cm³/mol. The largest absolute Gasteiger partial charge is 0.345 e. The first kappa shape index (κ1) is 25.4. The van der Waals surface area contributed by atoms with E-state index in [1.807, 2.05) is 71.4 Å². The summed E-state index contributed by atoms with van der Waals surface area (Å²) in [7, 11) is 1.87. The molecule has 2 aliphatic rings. The van der Waals surface area contributed by atoms with E-state index in [0.29, 0.717) is 31.2 Å². The van der Waals surface area contributed by atoms with E-state index in [9.17, 15) is 14.0 Å². The van der Waals surface area contributed by atoms with Gasteiger partial charge >= 0.3 is 0 Å². The van der Waals surface area contributed by atoms with E-state index in [1.165, 1.54) is 12.1 Å². The molecule has 5 rings (SSSR count). The molecule has 3 atom stereocenters. The van der Waals surface area contributed by atoms with Crippen molar-refractivity contribution >= 4 is 22.6 Å². The molecule has 194 valence electrons. The van der Waals surface area contributed by atoms with Crippen molar-refractivity contribution in [2.75, 3.05) is 26.7 Å². The quantitative estimate of drug-likeness (QED) is 0.493. The number of likely N-dealkylation sites (tertiary alicyclic amines) is 1. The molecule has 7 heteroatoms. The lowest BCUT2D eigenvalue weighted by atomic mass is 9.95. The predicted octanol–water partition coefficient (Wildman–Crippen LogP) is 4.68. The first-order chi connectivity index (χ1) is 18.0. The van der Waals surface area contributed by atoms with Crippen LogP contribution in [0, 0.1) is 11.7 Å². The minimum Gasteiger partial charge on any atom is -0.345 e. The highest BCUT2D eigenvalue weighted by atomic mass is 19.1. The minimum atomic E-state index is -0.224. The van der Waals surface area contributed by atoms with Crippen LogP contribution >= 0.6 is 0 Å². The lowest BCUT2D eigenvalue weighted by molar-refractivity contribution is -0.135. The average Bonchev–Trinajstić information content (AvgIpc) is 3.41. The van der Waals surface area contributed by atoms with Crippen LogP contribution in [0.1, 0.15) is 54.1 Å². The number of hydrogen-bond acceptors (Lipinski definition) is 4. The van der Waals surface area contributed by atoms with Crippen molar-refractivity contribution in [3.8, 4) is 0 Å². The van der Waals surface area contributed by atoms with E-state index in [-0.39, 0.29) is 29.6 Å². The van der Waals surface area contributed by atoms with Crippen LogP contribution in [0.4, 0.5) is 4.39 Å². The fourth-order valence-electron chi connectivity index (χ4n) is 5.67. The smallest absolute Gasteiger partial charge is 0.254 e. The first-order valence-corrected chi connectivity index (χ1v) is 13.3. The van der Waals surface area contributed by atoms with E-state index < -0.39 is 0 Å². The Bertz CT molecular complexity index is 1240. The number of nitrogens with zero attached hydrogens (tertiary/aromatic N) is 2. The van der Waals surface area contributed by atoms with Gasteiger partial charge in [-0.15, -0.1) is 0 Å². The lowest BCUT2D eigenvalue weighted by Gasteiger charge is -2.34. The number of nitrogens with one attached hydrogen (secondary N) is 2. The topological polar surface area (TPSA) is 64.7 Å². The summed E-state index contributed by atoms with van der Waals surface area (Å²) in [5, 5.41) is 2.01. The zero-order valence-electron chi connectivity index (χ0n) is 21.3. The van der Waals surface area contributed by atoms with E-state index in [2.05, 4.69) is 10.9 Å². The Balaban J connectivity index is 1.11. The number of hydrazine groups is 1. The summed E-state index contributed by atoms with van der Waals surface area (Å²) in [5.74, 6) is -0.255. The number of amides is 2. The van der Waals surface area contributed by atoms with Gasteiger partial charge in [0, 0.05) is 44.3 Å². The molecule has 3 aromatic carbocycles. The molecule has 0 aromatic heterocycles. The molecule has 0 radical (unpaired) electrons. The van der Waals surface area contributed by atoms with Gasteiger partial charge in [-0.05, 0) is 66.6 Å². The Morgan fingerprint density at radius 2 is 1.81 bits per heavy atom. The molecule has 3 unspecified atom stereocenters. The summed E-state index contributed by atoms with van der Waals surface area (Å²) in [6.45, 7) is 1.84. The molecule has 37 heavy (non-hydrogen) atoms. The molecule has 2 N–H and O–H groups in total. The first-order valence-electron chi connectivity index (χ1n) is 13.3. The van der Waals surface area contributed by atoms with Gasteiger partial charge in [-0.1, -0.05) is 48.5 Å². The third-order valence-electron chi connectivity index (χ3n) is 7.75. The SMILES string of the molecule is CN(CCCC1CC(c2ccc(F)cc2)NN1)C(=O)C1CCCN(C(=O)c2cccc3ccccc23)C1. The number of carbonyl (C=O) groups is 2. The second kappa shape index (κ2) is 11.4. The van der Waals surface area contributed by atoms with Crippen molar-refractivity contribution in [3.05, 3.63) is 83.7 Å². The third-order valence-corrected chi connectivity index (χ3v) is 7.75. The Kier molecular flexibility index (Phi) is 7.82. The molecule has 0 bridgehead atoms. The van der Waals surface area contributed by atoms with Gasteiger partial charge in [-0.2, -0.15) is 0 Å². The fourth-order valence-corrected chi connectivity index (χ4v) is 5.67. The Hall–Kier alpha value is -3.29. The Morgan fingerprint density at radius 1 is 1.03 bits per heavy atom. The number of hydrogen-bond donors (Lipinski definition) is 2. The molecule has 2 heterocycles. The number of carbonyl (C=O) groups excluding carboxylic acids is 2. The lowest BCUT2D eigenvalue weighted by Crippen LogP contribution is -2.46. The Morgan fingerprint density at radius 3 is 2.65 bits per heavy atom. The van der Waals surface area contributed by atoms with Crippen LogP contribution in [0.3, 0.4) is 0 Å². The number of rotatable bonds is 7. The molecule has 6 nitrogen and oxygen atoms in total. The average molecular weight is 503 g/mol.